The quantitative estimate of drug-likeness (QED) is 0.659. The Morgan fingerprint density at radius 1 is 1.05 bits per heavy atom. The maximum absolute atomic E-state index is 3.52. The molecule has 3 aliphatic rings. The minimum Gasteiger partial charge on any atom is -0.145 e. The molecule has 1 aromatic carbocycles. The molecule has 100 valence electrons. The minimum atomic E-state index is 0.581. The minimum absolute atomic E-state index is 0.581. The first-order valence-electron chi connectivity index (χ1n) is 6.99. The van der Waals surface area contributed by atoms with Crippen molar-refractivity contribution in [2.75, 3.05) is 0 Å². The Morgan fingerprint density at radius 3 is 2.75 bits per heavy atom. The van der Waals surface area contributed by atoms with E-state index in [2.05, 4.69) is 88.4 Å². The van der Waals surface area contributed by atoms with E-state index in [9.17, 15) is 0 Å². The Bertz CT molecular complexity index is 649. The highest BCUT2D eigenvalue weighted by Gasteiger charge is 2.40. The van der Waals surface area contributed by atoms with E-state index >= 15 is 0 Å². The molecule has 4 rings (SSSR count). The molecule has 3 atom stereocenters. The Kier molecular flexibility index (Phi) is 3.24. The first-order valence-corrected chi connectivity index (χ1v) is 8.73. The number of allylic oxidation sites excluding steroid dienone is 6. The molecule has 1 aromatic rings. The van der Waals surface area contributed by atoms with E-state index in [1.165, 1.54) is 17.6 Å². The van der Waals surface area contributed by atoms with Gasteiger partial charge in [0.15, 0.2) is 0 Å². The van der Waals surface area contributed by atoms with Crippen molar-refractivity contribution in [3.8, 4) is 0 Å². The SMILES string of the molecule is Brc1ccc(C2=CC=CC3C4=CC=CCC4SC23)cc1. The number of thioether (sulfide) groups is 1. The van der Waals surface area contributed by atoms with E-state index in [0.29, 0.717) is 16.4 Å². The van der Waals surface area contributed by atoms with Crippen LogP contribution in [-0.4, -0.2) is 10.5 Å². The summed E-state index contributed by atoms with van der Waals surface area (Å²) in [7, 11) is 0. The molecule has 1 saturated heterocycles. The van der Waals surface area contributed by atoms with Crippen molar-refractivity contribution < 1.29 is 0 Å². The van der Waals surface area contributed by atoms with Crippen molar-refractivity contribution in [3.63, 3.8) is 0 Å². The van der Waals surface area contributed by atoms with Gasteiger partial charge in [0.25, 0.3) is 0 Å². The van der Waals surface area contributed by atoms with Crippen LogP contribution in [0.25, 0.3) is 5.57 Å². The second kappa shape index (κ2) is 5.09. The molecule has 3 unspecified atom stereocenters. The average molecular weight is 343 g/mol. The molecule has 1 fully saturated rings. The van der Waals surface area contributed by atoms with Crippen LogP contribution in [0.4, 0.5) is 0 Å². The molecule has 1 heterocycles. The molecule has 1 aliphatic heterocycles. The zero-order valence-corrected chi connectivity index (χ0v) is 13.4. The van der Waals surface area contributed by atoms with Crippen molar-refractivity contribution in [1.82, 2.24) is 0 Å². The first-order chi connectivity index (χ1) is 9.83. The van der Waals surface area contributed by atoms with Crippen molar-refractivity contribution >= 4 is 33.3 Å². The lowest BCUT2D eigenvalue weighted by atomic mass is 9.82. The van der Waals surface area contributed by atoms with Crippen molar-refractivity contribution in [3.05, 3.63) is 76.3 Å². The Labute approximate surface area is 132 Å². The van der Waals surface area contributed by atoms with E-state index in [1.807, 2.05) is 0 Å². The highest BCUT2D eigenvalue weighted by atomic mass is 79.9. The van der Waals surface area contributed by atoms with Crippen LogP contribution < -0.4 is 0 Å². The van der Waals surface area contributed by atoms with E-state index in [4.69, 9.17) is 0 Å². The van der Waals surface area contributed by atoms with E-state index < -0.39 is 0 Å². The van der Waals surface area contributed by atoms with Gasteiger partial charge in [-0.3, -0.25) is 0 Å². The van der Waals surface area contributed by atoms with E-state index in [-0.39, 0.29) is 0 Å². The summed E-state index contributed by atoms with van der Waals surface area (Å²) >= 11 is 5.65. The molecule has 0 aromatic heterocycles. The predicted molar refractivity (Wildman–Crippen MR) is 91.8 cm³/mol. The molecule has 0 radical (unpaired) electrons. The first kappa shape index (κ1) is 12.7. The fourth-order valence-electron chi connectivity index (χ4n) is 3.28. The van der Waals surface area contributed by atoms with Gasteiger partial charge in [-0.15, -0.1) is 11.8 Å². The normalized spacial score (nSPS) is 30.6. The third kappa shape index (κ3) is 2.06. The van der Waals surface area contributed by atoms with Gasteiger partial charge in [0, 0.05) is 20.9 Å². The number of hydrogen-bond donors (Lipinski definition) is 0. The summed E-state index contributed by atoms with van der Waals surface area (Å²) in [6.45, 7) is 0. The van der Waals surface area contributed by atoms with Crippen LogP contribution in [0.15, 0.2) is 70.8 Å². The zero-order valence-electron chi connectivity index (χ0n) is 11.0. The van der Waals surface area contributed by atoms with E-state index in [0.717, 1.165) is 4.47 Å². The maximum atomic E-state index is 3.52. The average Bonchev–Trinajstić information content (AvgIpc) is 2.87. The van der Waals surface area contributed by atoms with Crippen molar-refractivity contribution in [2.24, 2.45) is 5.92 Å². The van der Waals surface area contributed by atoms with Crippen LogP contribution in [0.5, 0.6) is 0 Å². The van der Waals surface area contributed by atoms with Crippen molar-refractivity contribution in [1.29, 1.82) is 0 Å². The lowest BCUT2D eigenvalue weighted by molar-refractivity contribution is 0.784. The molecule has 0 amide bonds. The van der Waals surface area contributed by atoms with Gasteiger partial charge < -0.3 is 0 Å². The zero-order chi connectivity index (χ0) is 13.5. The van der Waals surface area contributed by atoms with Gasteiger partial charge in [0.2, 0.25) is 0 Å². The van der Waals surface area contributed by atoms with Gasteiger partial charge in [0.1, 0.15) is 0 Å². The van der Waals surface area contributed by atoms with Crippen LogP contribution in [0.3, 0.4) is 0 Å². The molecule has 2 heteroatoms. The summed E-state index contributed by atoms with van der Waals surface area (Å²) in [6, 6.07) is 8.72. The van der Waals surface area contributed by atoms with Gasteiger partial charge >= 0.3 is 0 Å². The number of fused-ring (bicyclic) bond motifs is 3. The summed E-state index contributed by atoms with van der Waals surface area (Å²) in [6.07, 6.45) is 14.9. The molecule has 2 aliphatic carbocycles. The second-order valence-corrected chi connectivity index (χ2v) is 7.68. The molecule has 0 nitrogen and oxygen atoms in total. The number of rotatable bonds is 1. The fourth-order valence-corrected chi connectivity index (χ4v) is 5.29. The van der Waals surface area contributed by atoms with Crippen LogP contribution in [-0.2, 0) is 0 Å². The van der Waals surface area contributed by atoms with Gasteiger partial charge in [0.05, 0.1) is 0 Å². The Morgan fingerprint density at radius 2 is 1.90 bits per heavy atom. The Hall–Kier alpha value is -0.990. The standard InChI is InChI=1S/C18H15BrS/c19-13-10-8-12(9-11-13)14-5-3-6-16-15-4-1-2-7-17(15)20-18(14)16/h1-6,8-11,16-18H,7H2. The topological polar surface area (TPSA) is 0 Å². The van der Waals surface area contributed by atoms with Crippen LogP contribution >= 0.6 is 27.7 Å². The summed E-state index contributed by atoms with van der Waals surface area (Å²) in [5.74, 6) is 0.582. The predicted octanol–water partition coefficient (Wildman–Crippen LogP) is 5.39. The highest BCUT2D eigenvalue weighted by molar-refractivity contribution is 9.10. The van der Waals surface area contributed by atoms with Gasteiger partial charge in [-0.25, -0.2) is 0 Å². The van der Waals surface area contributed by atoms with Gasteiger partial charge in [-0.2, -0.15) is 0 Å². The summed E-state index contributed by atoms with van der Waals surface area (Å²) in [5, 5.41) is 1.26. The largest absolute Gasteiger partial charge is 0.145 e. The van der Waals surface area contributed by atoms with Gasteiger partial charge in [-0.1, -0.05) is 64.5 Å². The lowest BCUT2D eigenvalue weighted by Gasteiger charge is -2.23. The Balaban J connectivity index is 1.71. The monoisotopic (exact) mass is 342 g/mol. The van der Waals surface area contributed by atoms with Crippen LogP contribution in [0, 0.1) is 5.92 Å². The van der Waals surface area contributed by atoms with E-state index in [1.54, 1.807) is 5.57 Å². The third-order valence-electron chi connectivity index (χ3n) is 4.25. The molecule has 0 spiro atoms. The summed E-state index contributed by atoms with van der Waals surface area (Å²) in [4.78, 5) is 0. The van der Waals surface area contributed by atoms with Crippen LogP contribution in [0.2, 0.25) is 0 Å². The fraction of sp³-hybridized carbons (Fsp3) is 0.222. The molecule has 0 N–H and O–H groups in total. The maximum Gasteiger partial charge on any atom is 0.0409 e. The highest BCUT2D eigenvalue weighted by Crippen LogP contribution is 2.52. The second-order valence-electron chi connectivity index (χ2n) is 5.42. The molecule has 0 saturated carbocycles. The van der Waals surface area contributed by atoms with Crippen molar-refractivity contribution in [2.45, 2.75) is 16.9 Å². The molecular weight excluding hydrogens is 328 g/mol. The number of halogens is 1. The number of hydrogen-bond acceptors (Lipinski definition) is 1. The smallest absolute Gasteiger partial charge is 0.0409 e. The third-order valence-corrected chi connectivity index (χ3v) is 6.41. The molecule has 0 bridgehead atoms. The summed E-state index contributed by atoms with van der Waals surface area (Å²) < 4.78 is 1.14. The lowest BCUT2D eigenvalue weighted by Crippen LogP contribution is -2.16. The van der Waals surface area contributed by atoms with Crippen LogP contribution in [0.1, 0.15) is 12.0 Å². The molecular formula is C18H15BrS. The number of benzene rings is 1. The van der Waals surface area contributed by atoms with Gasteiger partial charge in [-0.05, 0) is 35.3 Å². The molecule has 20 heavy (non-hydrogen) atoms. The summed E-state index contributed by atoms with van der Waals surface area (Å²) in [5.41, 5.74) is 4.44.